The van der Waals surface area contributed by atoms with Crippen LogP contribution in [0.2, 0.25) is 0 Å². The molecule has 0 saturated carbocycles. The maximum Gasteiger partial charge on any atom is 0.305 e. The topological polar surface area (TPSA) is 424 Å². The molecular weight excluding hydrogens is 834 g/mol. The number of nitrogens with two attached hydrogens (primary N) is 2. The number of aliphatic hydroxyl groups is 3. The summed E-state index contributed by atoms with van der Waals surface area (Å²) in [5.41, 5.74) is 19.8. The van der Waals surface area contributed by atoms with Gasteiger partial charge in [0.05, 0.1) is 6.42 Å². The largest absolute Gasteiger partial charge is 0.481 e. The van der Waals surface area contributed by atoms with Crippen molar-refractivity contribution in [2.24, 2.45) is 21.6 Å². The Morgan fingerprint density at radius 2 is 1.37 bits per heavy atom. The van der Waals surface area contributed by atoms with Crippen molar-refractivity contribution >= 4 is 53.3 Å². The first kappa shape index (κ1) is 50.8. The van der Waals surface area contributed by atoms with Gasteiger partial charge < -0.3 is 73.8 Å². The molecule has 2 aliphatic heterocycles. The van der Waals surface area contributed by atoms with Crippen molar-refractivity contribution in [3.8, 4) is 0 Å². The quantitative estimate of drug-likeness (QED) is 0.0164. The zero-order valence-corrected chi connectivity index (χ0v) is 34.3. The molecule has 2 fully saturated rings. The van der Waals surface area contributed by atoms with Crippen molar-refractivity contribution in [1.82, 2.24) is 37.2 Å². The van der Waals surface area contributed by atoms with Gasteiger partial charge >= 0.3 is 5.97 Å². The molecule has 1 aromatic carbocycles. The molecule has 2 saturated heterocycles. The third kappa shape index (κ3) is 16.7. The molecule has 2 aliphatic rings. The van der Waals surface area contributed by atoms with Gasteiger partial charge in [-0.2, -0.15) is 0 Å². The van der Waals surface area contributed by atoms with Crippen LogP contribution in [-0.4, -0.2) is 161 Å². The SMILES string of the molecule is C[C@@H]1NC(=O)[C@H](CCCN=C(N)N)NC(=O)[C@H](CCCCNC(=O)C2OC(CNC(=O)CN=[N+]=[N-])C(O)C(O)C2O)NC(=O)[C@@H](Cc2ccccc2)NC(=O)[C@H](CC(=O)O)NC1=O. The number of carbonyl (C=O) groups excluding carboxylic acids is 7. The predicted octanol–water partition coefficient (Wildman–Crippen LogP) is -5.22. The number of carbonyl (C=O) groups is 8. The number of rotatable bonds is 18. The monoisotopic (exact) mass is 889 g/mol. The highest BCUT2D eigenvalue weighted by atomic mass is 16.5. The molecule has 7 amide bonds. The van der Waals surface area contributed by atoms with E-state index in [0.717, 1.165) is 0 Å². The maximum absolute atomic E-state index is 14.0. The Morgan fingerprint density at radius 3 is 2.00 bits per heavy atom. The predicted molar refractivity (Wildman–Crippen MR) is 218 cm³/mol. The lowest BCUT2D eigenvalue weighted by molar-refractivity contribution is -0.219. The van der Waals surface area contributed by atoms with E-state index < -0.39 is 128 Å². The van der Waals surface area contributed by atoms with E-state index >= 15 is 0 Å². The van der Waals surface area contributed by atoms with Crippen LogP contribution in [0.5, 0.6) is 0 Å². The molecule has 10 atom stereocenters. The third-order valence-electron chi connectivity index (χ3n) is 9.86. The number of amides is 7. The molecule has 0 spiro atoms. The van der Waals surface area contributed by atoms with Crippen LogP contribution in [0, 0.1) is 0 Å². The molecule has 346 valence electrons. The summed E-state index contributed by atoms with van der Waals surface area (Å²) in [5.74, 6) is -7.78. The van der Waals surface area contributed by atoms with Crippen LogP contribution in [0.25, 0.3) is 10.4 Å². The summed E-state index contributed by atoms with van der Waals surface area (Å²) in [6.07, 6.45) is -9.15. The highest BCUT2D eigenvalue weighted by molar-refractivity contribution is 5.98. The molecule has 26 heteroatoms. The second-order valence-electron chi connectivity index (χ2n) is 14.8. The fourth-order valence-corrected chi connectivity index (χ4v) is 6.47. The minimum atomic E-state index is -1.87. The number of benzene rings is 1. The van der Waals surface area contributed by atoms with E-state index in [9.17, 15) is 58.8 Å². The number of carboxylic acid groups (broad SMARTS) is 1. The molecule has 2 heterocycles. The molecule has 1 aromatic rings. The van der Waals surface area contributed by atoms with Crippen LogP contribution in [0.3, 0.4) is 0 Å². The molecular formula is C37H55N13O13. The fourth-order valence-electron chi connectivity index (χ4n) is 6.47. The number of aliphatic carboxylic acids is 1. The highest BCUT2D eigenvalue weighted by Crippen LogP contribution is 2.21. The van der Waals surface area contributed by atoms with Crippen LogP contribution in [-0.2, 0) is 49.5 Å². The summed E-state index contributed by atoms with van der Waals surface area (Å²) in [4.78, 5) is 111. The summed E-state index contributed by atoms with van der Waals surface area (Å²) in [5, 5.41) is 61.2. The summed E-state index contributed by atoms with van der Waals surface area (Å²) in [7, 11) is 0. The van der Waals surface area contributed by atoms with Gasteiger partial charge in [-0.05, 0) is 50.1 Å². The molecule has 0 radical (unpaired) electrons. The lowest BCUT2D eigenvalue weighted by Gasteiger charge is -2.39. The van der Waals surface area contributed by atoms with E-state index in [1.807, 2.05) is 0 Å². The number of guanidine groups is 1. The molecule has 15 N–H and O–H groups in total. The van der Waals surface area contributed by atoms with Gasteiger partial charge in [-0.3, -0.25) is 43.3 Å². The first-order valence-corrected chi connectivity index (χ1v) is 20.0. The summed E-state index contributed by atoms with van der Waals surface area (Å²) < 4.78 is 5.51. The number of aliphatic hydroxyl groups excluding tert-OH is 3. The lowest BCUT2D eigenvalue weighted by Crippen LogP contribution is -2.63. The van der Waals surface area contributed by atoms with Crippen LogP contribution in [0.4, 0.5) is 0 Å². The van der Waals surface area contributed by atoms with Crippen LogP contribution in [0.1, 0.15) is 51.0 Å². The van der Waals surface area contributed by atoms with E-state index in [1.165, 1.54) is 6.92 Å². The number of aliphatic imine (C=N–C) groups is 1. The number of carboxylic acids is 1. The Labute approximate surface area is 360 Å². The molecule has 0 bridgehead atoms. The van der Waals surface area contributed by atoms with E-state index in [-0.39, 0.29) is 57.6 Å². The zero-order valence-electron chi connectivity index (χ0n) is 34.3. The number of azide groups is 1. The molecule has 3 rings (SSSR count). The van der Waals surface area contributed by atoms with E-state index in [0.29, 0.717) is 5.56 Å². The average Bonchev–Trinajstić information content (AvgIpc) is 3.24. The second kappa shape index (κ2) is 25.4. The Hall–Kier alpha value is -6.60. The number of hydrogen-bond donors (Lipinski definition) is 13. The Kier molecular flexibility index (Phi) is 20.4. The number of unbranched alkanes of at least 4 members (excludes halogenated alkanes) is 1. The van der Waals surface area contributed by atoms with Gasteiger partial charge in [0.1, 0.15) is 61.2 Å². The Bertz CT molecular complexity index is 1860. The smallest absolute Gasteiger partial charge is 0.305 e. The van der Waals surface area contributed by atoms with Gasteiger partial charge in [-0.15, -0.1) is 0 Å². The van der Waals surface area contributed by atoms with Crippen molar-refractivity contribution < 1.29 is 63.5 Å². The van der Waals surface area contributed by atoms with E-state index in [1.54, 1.807) is 30.3 Å². The minimum Gasteiger partial charge on any atom is -0.481 e. The second-order valence-corrected chi connectivity index (χ2v) is 14.8. The maximum atomic E-state index is 14.0. The molecule has 0 aliphatic carbocycles. The fraction of sp³-hybridized carbons (Fsp3) is 0.595. The minimum absolute atomic E-state index is 0.0442. The van der Waals surface area contributed by atoms with Crippen LogP contribution >= 0.6 is 0 Å². The van der Waals surface area contributed by atoms with Gasteiger partial charge in [0.2, 0.25) is 35.4 Å². The first-order chi connectivity index (χ1) is 29.9. The number of ether oxygens (including phenoxy) is 1. The summed E-state index contributed by atoms with van der Waals surface area (Å²) in [6, 6.07) is 1.34. The molecule has 63 heavy (non-hydrogen) atoms. The first-order valence-electron chi connectivity index (χ1n) is 20.0. The van der Waals surface area contributed by atoms with Crippen molar-refractivity contribution in [1.29, 1.82) is 0 Å². The lowest BCUT2D eigenvalue weighted by atomic mass is 9.94. The number of nitrogens with zero attached hydrogens (tertiary/aromatic N) is 4. The number of hydrogen-bond acceptors (Lipinski definition) is 14. The van der Waals surface area contributed by atoms with Gasteiger partial charge in [-0.25, -0.2) is 0 Å². The Balaban J connectivity index is 1.83. The summed E-state index contributed by atoms with van der Waals surface area (Å²) >= 11 is 0. The Morgan fingerprint density at radius 1 is 0.778 bits per heavy atom. The summed E-state index contributed by atoms with van der Waals surface area (Å²) in [6.45, 7) is 0.289. The number of nitrogens with one attached hydrogen (secondary N) is 7. The van der Waals surface area contributed by atoms with Gasteiger partial charge in [0, 0.05) is 31.0 Å². The molecule has 26 nitrogen and oxygen atoms in total. The van der Waals surface area contributed by atoms with Crippen molar-refractivity contribution in [2.75, 3.05) is 26.2 Å². The molecule has 5 unspecified atom stereocenters. The standard InChI is InChI=1S/C37H55N13O13/c1-18-31(57)48-23(15-26(52)53)35(61)49-22(14-19-8-3-2-4-9-19)34(60)47-20(33(59)46-21(32(58)45-18)11-7-13-42-37(38)39)10-5-6-12-41-36(62)30-29(56)28(55)27(54)24(63-30)16-43-25(51)17-44-50-40/h2-4,8-9,18,20-24,27-30,54-56H,5-7,10-17H2,1H3,(H,41,62)(H,43,51)(H,45,58)(H,46,59)(H,47,60)(H,48,57)(H,49,61)(H,52,53)(H4,38,39,42)/t18-,20-,21-,22+,23-,24?,27?,28?,29?,30?/m0/s1. The highest BCUT2D eigenvalue weighted by Gasteiger charge is 2.46. The third-order valence-corrected chi connectivity index (χ3v) is 9.86. The zero-order chi connectivity index (χ0) is 46.6. The normalized spacial score (nSPS) is 27.0. The van der Waals surface area contributed by atoms with Crippen molar-refractivity contribution in [3.63, 3.8) is 0 Å². The van der Waals surface area contributed by atoms with Crippen LogP contribution < -0.4 is 48.7 Å². The van der Waals surface area contributed by atoms with E-state index in [2.05, 4.69) is 52.2 Å². The molecule has 0 aromatic heterocycles. The van der Waals surface area contributed by atoms with Crippen molar-refractivity contribution in [3.05, 3.63) is 46.3 Å². The van der Waals surface area contributed by atoms with Gasteiger partial charge in [0.15, 0.2) is 12.1 Å². The van der Waals surface area contributed by atoms with Crippen molar-refractivity contribution in [2.45, 2.75) is 113 Å². The van der Waals surface area contributed by atoms with Crippen LogP contribution in [0.15, 0.2) is 40.4 Å². The van der Waals surface area contributed by atoms with Gasteiger partial charge in [0.25, 0.3) is 5.91 Å². The average molecular weight is 890 g/mol. The van der Waals surface area contributed by atoms with E-state index in [4.69, 9.17) is 21.7 Å². The van der Waals surface area contributed by atoms with Gasteiger partial charge in [-0.1, -0.05) is 35.4 Å².